The first-order valence-corrected chi connectivity index (χ1v) is 8.30. The lowest BCUT2D eigenvalue weighted by atomic mass is 10.2. The molecule has 110 valence electrons. The van der Waals surface area contributed by atoms with Crippen molar-refractivity contribution in [2.45, 2.75) is 38.5 Å². The van der Waals surface area contributed by atoms with Crippen molar-refractivity contribution >= 4 is 21.8 Å². The van der Waals surface area contributed by atoms with Crippen LogP contribution in [0.3, 0.4) is 0 Å². The van der Waals surface area contributed by atoms with Crippen LogP contribution in [0.15, 0.2) is 34.7 Å². The topological polar surface area (TPSA) is 42.2 Å². The monoisotopic (exact) mass is 293 g/mol. The Kier molecular flexibility index (Phi) is 4.66. The Labute approximate surface area is 123 Å². The van der Waals surface area contributed by atoms with Gasteiger partial charge in [-0.05, 0) is 39.8 Å². The SMILES string of the molecule is C[C@H](NCC[S@](=O)C(C)(C)C)c1cc2ccccc2o1. The van der Waals surface area contributed by atoms with Crippen molar-refractivity contribution in [1.82, 2.24) is 5.32 Å². The van der Waals surface area contributed by atoms with E-state index in [-0.39, 0.29) is 10.8 Å². The van der Waals surface area contributed by atoms with E-state index < -0.39 is 10.8 Å². The molecular formula is C16H23NO2S. The molecule has 1 aromatic carbocycles. The molecule has 0 radical (unpaired) electrons. The molecule has 1 N–H and O–H groups in total. The first-order valence-electron chi connectivity index (χ1n) is 6.98. The molecule has 0 aliphatic carbocycles. The molecule has 2 aromatic rings. The second kappa shape index (κ2) is 6.10. The van der Waals surface area contributed by atoms with E-state index in [2.05, 4.69) is 18.3 Å². The molecule has 20 heavy (non-hydrogen) atoms. The Morgan fingerprint density at radius 1 is 1.30 bits per heavy atom. The summed E-state index contributed by atoms with van der Waals surface area (Å²) in [6.45, 7) is 8.81. The Balaban J connectivity index is 1.92. The first-order chi connectivity index (χ1) is 9.38. The van der Waals surface area contributed by atoms with Crippen LogP contribution >= 0.6 is 0 Å². The molecule has 1 aromatic heterocycles. The lowest BCUT2D eigenvalue weighted by molar-refractivity contribution is 0.459. The van der Waals surface area contributed by atoms with Crippen molar-refractivity contribution in [3.63, 3.8) is 0 Å². The van der Waals surface area contributed by atoms with Crippen molar-refractivity contribution in [2.24, 2.45) is 0 Å². The molecule has 0 bridgehead atoms. The van der Waals surface area contributed by atoms with E-state index in [0.717, 1.165) is 23.3 Å². The van der Waals surface area contributed by atoms with Gasteiger partial charge in [-0.25, -0.2) is 0 Å². The summed E-state index contributed by atoms with van der Waals surface area (Å²) in [5.41, 5.74) is 0.911. The van der Waals surface area contributed by atoms with Crippen LogP contribution in [0, 0.1) is 0 Å². The number of hydrogen-bond acceptors (Lipinski definition) is 3. The van der Waals surface area contributed by atoms with Gasteiger partial charge in [-0.3, -0.25) is 4.21 Å². The number of nitrogens with one attached hydrogen (secondary N) is 1. The highest BCUT2D eigenvalue weighted by Gasteiger charge is 2.19. The summed E-state index contributed by atoms with van der Waals surface area (Å²) in [5.74, 6) is 1.58. The minimum atomic E-state index is -0.818. The maximum Gasteiger partial charge on any atom is 0.134 e. The normalized spacial score (nSPS) is 15.4. The van der Waals surface area contributed by atoms with Gasteiger partial charge in [0.1, 0.15) is 11.3 Å². The van der Waals surface area contributed by atoms with Crippen molar-refractivity contribution in [3.05, 3.63) is 36.1 Å². The number of para-hydroxylation sites is 1. The zero-order valence-electron chi connectivity index (χ0n) is 12.6. The Morgan fingerprint density at radius 3 is 2.65 bits per heavy atom. The van der Waals surface area contributed by atoms with Crippen molar-refractivity contribution in [3.8, 4) is 0 Å². The van der Waals surface area contributed by atoms with Gasteiger partial charge >= 0.3 is 0 Å². The molecule has 0 saturated carbocycles. The third-order valence-electron chi connectivity index (χ3n) is 3.29. The molecule has 0 saturated heterocycles. The van der Waals surface area contributed by atoms with Gasteiger partial charge in [0, 0.05) is 33.2 Å². The van der Waals surface area contributed by atoms with Gasteiger partial charge in [-0.15, -0.1) is 0 Å². The molecule has 0 spiro atoms. The smallest absolute Gasteiger partial charge is 0.134 e. The molecule has 3 nitrogen and oxygen atoms in total. The number of rotatable bonds is 5. The average Bonchev–Trinajstić information content (AvgIpc) is 2.81. The largest absolute Gasteiger partial charge is 0.459 e. The van der Waals surface area contributed by atoms with Gasteiger partial charge in [0.05, 0.1) is 6.04 Å². The number of benzene rings is 1. The van der Waals surface area contributed by atoms with Crippen LogP contribution in [0.2, 0.25) is 0 Å². The highest BCUT2D eigenvalue weighted by atomic mass is 32.2. The van der Waals surface area contributed by atoms with E-state index in [1.807, 2.05) is 45.0 Å². The Hall–Kier alpha value is -1.13. The first kappa shape index (κ1) is 15.3. The molecule has 2 atom stereocenters. The minimum absolute atomic E-state index is 0.124. The number of fused-ring (bicyclic) bond motifs is 1. The van der Waals surface area contributed by atoms with Crippen LogP contribution in [-0.4, -0.2) is 21.3 Å². The fourth-order valence-electron chi connectivity index (χ4n) is 1.99. The second-order valence-electron chi connectivity index (χ2n) is 6.02. The minimum Gasteiger partial charge on any atom is -0.459 e. The van der Waals surface area contributed by atoms with Crippen LogP contribution in [0.4, 0.5) is 0 Å². The molecule has 4 heteroatoms. The molecule has 0 amide bonds. The molecule has 1 heterocycles. The van der Waals surface area contributed by atoms with Crippen LogP contribution in [0.25, 0.3) is 11.0 Å². The summed E-state index contributed by atoms with van der Waals surface area (Å²) >= 11 is 0. The summed E-state index contributed by atoms with van der Waals surface area (Å²) < 4.78 is 17.6. The number of hydrogen-bond donors (Lipinski definition) is 1. The Bertz CT molecular complexity index is 565. The zero-order valence-corrected chi connectivity index (χ0v) is 13.4. The van der Waals surface area contributed by atoms with Crippen molar-refractivity contribution in [2.75, 3.05) is 12.3 Å². The third kappa shape index (κ3) is 3.70. The van der Waals surface area contributed by atoms with Gasteiger partial charge in [0.25, 0.3) is 0 Å². The fraction of sp³-hybridized carbons (Fsp3) is 0.500. The van der Waals surface area contributed by atoms with Gasteiger partial charge in [0.15, 0.2) is 0 Å². The van der Waals surface area contributed by atoms with Gasteiger partial charge < -0.3 is 9.73 Å². The molecule has 0 aliphatic heterocycles. The zero-order chi connectivity index (χ0) is 14.8. The van der Waals surface area contributed by atoms with Gasteiger partial charge in [-0.2, -0.15) is 0 Å². The van der Waals surface area contributed by atoms with E-state index in [9.17, 15) is 4.21 Å². The maximum absolute atomic E-state index is 12.0. The van der Waals surface area contributed by atoms with Crippen molar-refractivity contribution < 1.29 is 8.63 Å². The quantitative estimate of drug-likeness (QED) is 0.915. The van der Waals surface area contributed by atoms with Gasteiger partial charge in [0.2, 0.25) is 0 Å². The third-order valence-corrected chi connectivity index (χ3v) is 5.23. The number of furan rings is 1. The standard InChI is InChI=1S/C16H23NO2S/c1-12(17-9-10-20(18)16(2,3)4)15-11-13-7-5-6-8-14(13)19-15/h5-8,11-12,17H,9-10H2,1-4H3/t12-,20-/m0/s1. The molecule has 2 rings (SSSR count). The van der Waals surface area contributed by atoms with Crippen LogP contribution in [0.5, 0.6) is 0 Å². The van der Waals surface area contributed by atoms with Crippen molar-refractivity contribution in [1.29, 1.82) is 0 Å². The van der Waals surface area contributed by atoms with E-state index in [1.54, 1.807) is 0 Å². The van der Waals surface area contributed by atoms with Crippen LogP contribution in [0.1, 0.15) is 39.5 Å². The lowest BCUT2D eigenvalue weighted by Gasteiger charge is -2.18. The summed E-state index contributed by atoms with van der Waals surface area (Å²) in [4.78, 5) is 0. The summed E-state index contributed by atoms with van der Waals surface area (Å²) in [6.07, 6.45) is 0. The average molecular weight is 293 g/mol. The van der Waals surface area contributed by atoms with Crippen LogP contribution < -0.4 is 5.32 Å². The maximum atomic E-state index is 12.0. The van der Waals surface area contributed by atoms with E-state index in [4.69, 9.17) is 4.42 Å². The van der Waals surface area contributed by atoms with Crippen LogP contribution in [-0.2, 0) is 10.8 Å². The molecule has 0 aliphatic rings. The second-order valence-corrected chi connectivity index (χ2v) is 8.35. The van der Waals surface area contributed by atoms with E-state index in [0.29, 0.717) is 5.75 Å². The molecular weight excluding hydrogens is 270 g/mol. The highest BCUT2D eigenvalue weighted by Crippen LogP contribution is 2.23. The Morgan fingerprint density at radius 2 is 2.00 bits per heavy atom. The molecule has 0 unspecified atom stereocenters. The van der Waals surface area contributed by atoms with E-state index in [1.165, 1.54) is 0 Å². The van der Waals surface area contributed by atoms with E-state index >= 15 is 0 Å². The summed E-state index contributed by atoms with van der Waals surface area (Å²) in [7, 11) is -0.818. The predicted octanol–water partition coefficient (Wildman–Crippen LogP) is 3.63. The summed E-state index contributed by atoms with van der Waals surface area (Å²) in [6, 6.07) is 10.2. The summed E-state index contributed by atoms with van der Waals surface area (Å²) in [5, 5.41) is 4.50. The molecule has 0 fully saturated rings. The lowest BCUT2D eigenvalue weighted by Crippen LogP contribution is -2.30. The fourth-order valence-corrected chi connectivity index (χ4v) is 2.91. The van der Waals surface area contributed by atoms with Gasteiger partial charge in [-0.1, -0.05) is 18.2 Å². The highest BCUT2D eigenvalue weighted by molar-refractivity contribution is 7.86. The predicted molar refractivity (Wildman–Crippen MR) is 85.4 cm³/mol.